The number of hydrogen-bond acceptors (Lipinski definition) is 4. The number of ether oxygens (including phenoxy) is 1. The first kappa shape index (κ1) is 13.4. The molecule has 0 aromatic heterocycles. The molecule has 2 N–H and O–H groups in total. The first-order valence-corrected chi connectivity index (χ1v) is 5.12. The summed E-state index contributed by atoms with van der Waals surface area (Å²) in [6.07, 6.45) is -0.666. The van der Waals surface area contributed by atoms with Gasteiger partial charge >= 0.3 is 5.97 Å². The van der Waals surface area contributed by atoms with E-state index in [-0.39, 0.29) is 17.3 Å². The molecule has 0 saturated heterocycles. The zero-order valence-electron chi connectivity index (χ0n) is 8.12. The quantitative estimate of drug-likeness (QED) is 0.535. The van der Waals surface area contributed by atoms with Gasteiger partial charge in [-0.1, -0.05) is 22.9 Å². The Bertz CT molecular complexity index is 210. The average molecular weight is 268 g/mol. The third-order valence-electron chi connectivity index (χ3n) is 1.59. The second-order valence-electron chi connectivity index (χ2n) is 2.66. The maximum absolute atomic E-state index is 11.2. The van der Waals surface area contributed by atoms with Crippen molar-refractivity contribution in [2.24, 2.45) is 0 Å². The number of rotatable bonds is 5. The van der Waals surface area contributed by atoms with E-state index in [2.05, 4.69) is 26.0 Å². The van der Waals surface area contributed by atoms with Gasteiger partial charge in [0.1, 0.15) is 0 Å². The van der Waals surface area contributed by atoms with Crippen LogP contribution in [0.4, 0.5) is 0 Å². The molecule has 0 fully saturated rings. The predicted octanol–water partition coefficient (Wildman–Crippen LogP) is -0.190. The summed E-state index contributed by atoms with van der Waals surface area (Å²) >= 11 is 3.14. The van der Waals surface area contributed by atoms with E-state index in [0.29, 0.717) is 6.42 Å². The van der Waals surface area contributed by atoms with Crippen molar-refractivity contribution in [1.82, 2.24) is 5.32 Å². The van der Waals surface area contributed by atoms with Crippen molar-refractivity contribution in [2.45, 2.75) is 24.3 Å². The van der Waals surface area contributed by atoms with Gasteiger partial charge in [-0.05, 0) is 6.42 Å². The molecule has 0 rings (SSSR count). The third-order valence-corrected chi connectivity index (χ3v) is 2.65. The SMILES string of the molecule is CCC(Br)C(=O)NCC(O)C(=O)OC. The highest BCUT2D eigenvalue weighted by Crippen LogP contribution is 2.03. The summed E-state index contributed by atoms with van der Waals surface area (Å²) in [6.45, 7) is 1.71. The van der Waals surface area contributed by atoms with Crippen LogP contribution >= 0.6 is 15.9 Å². The molecule has 0 aliphatic heterocycles. The van der Waals surface area contributed by atoms with Crippen molar-refractivity contribution in [1.29, 1.82) is 0 Å². The zero-order valence-corrected chi connectivity index (χ0v) is 9.70. The number of carbonyl (C=O) groups excluding carboxylic acids is 2. The molecule has 6 heteroatoms. The number of esters is 1. The lowest BCUT2D eigenvalue weighted by molar-refractivity contribution is -0.150. The highest BCUT2D eigenvalue weighted by molar-refractivity contribution is 9.10. The summed E-state index contributed by atoms with van der Waals surface area (Å²) in [5.41, 5.74) is 0. The maximum atomic E-state index is 11.2. The average Bonchev–Trinajstić information content (AvgIpc) is 2.22. The minimum atomic E-state index is -1.31. The summed E-state index contributed by atoms with van der Waals surface area (Å²) in [6, 6.07) is 0. The van der Waals surface area contributed by atoms with Gasteiger partial charge in [-0.15, -0.1) is 0 Å². The highest BCUT2D eigenvalue weighted by Gasteiger charge is 2.18. The van der Waals surface area contributed by atoms with Gasteiger partial charge in [-0.2, -0.15) is 0 Å². The van der Waals surface area contributed by atoms with Crippen molar-refractivity contribution in [3.8, 4) is 0 Å². The Hall–Kier alpha value is -0.620. The third kappa shape index (κ3) is 4.57. The number of hydrogen-bond donors (Lipinski definition) is 2. The zero-order chi connectivity index (χ0) is 11.1. The summed E-state index contributed by atoms with van der Waals surface area (Å²) in [5, 5.41) is 11.5. The Balaban J connectivity index is 3.82. The fourth-order valence-electron chi connectivity index (χ4n) is 0.713. The molecule has 0 aromatic rings. The number of methoxy groups -OCH3 is 1. The van der Waals surface area contributed by atoms with E-state index in [1.807, 2.05) is 6.92 Å². The molecular formula is C8H14BrNO4. The smallest absolute Gasteiger partial charge is 0.336 e. The lowest BCUT2D eigenvalue weighted by atomic mass is 10.3. The van der Waals surface area contributed by atoms with Crippen molar-refractivity contribution < 1.29 is 19.4 Å². The molecule has 0 heterocycles. The second-order valence-corrected chi connectivity index (χ2v) is 3.77. The number of carbonyl (C=O) groups is 2. The molecule has 0 saturated carbocycles. The molecule has 0 radical (unpaired) electrons. The second kappa shape index (κ2) is 6.78. The Morgan fingerprint density at radius 1 is 1.57 bits per heavy atom. The van der Waals surface area contributed by atoms with Crippen LogP contribution in [-0.2, 0) is 14.3 Å². The number of nitrogens with one attached hydrogen (secondary N) is 1. The highest BCUT2D eigenvalue weighted by atomic mass is 79.9. The Morgan fingerprint density at radius 2 is 2.14 bits per heavy atom. The molecule has 2 unspecified atom stereocenters. The van der Waals surface area contributed by atoms with Crippen molar-refractivity contribution in [2.75, 3.05) is 13.7 Å². The fraction of sp³-hybridized carbons (Fsp3) is 0.750. The van der Waals surface area contributed by atoms with Gasteiger partial charge in [0.25, 0.3) is 0 Å². The van der Waals surface area contributed by atoms with Crippen LogP contribution in [0.25, 0.3) is 0 Å². The van der Waals surface area contributed by atoms with E-state index in [0.717, 1.165) is 0 Å². The Morgan fingerprint density at radius 3 is 2.57 bits per heavy atom. The summed E-state index contributed by atoms with van der Waals surface area (Å²) < 4.78 is 4.28. The van der Waals surface area contributed by atoms with Crippen LogP contribution in [0.15, 0.2) is 0 Å². The molecular weight excluding hydrogens is 254 g/mol. The molecule has 0 spiro atoms. The van der Waals surface area contributed by atoms with Gasteiger partial charge in [0.2, 0.25) is 5.91 Å². The van der Waals surface area contributed by atoms with Crippen LogP contribution in [-0.4, -0.2) is 41.6 Å². The monoisotopic (exact) mass is 267 g/mol. The molecule has 0 aliphatic rings. The topological polar surface area (TPSA) is 75.6 Å². The molecule has 2 atom stereocenters. The Labute approximate surface area is 90.9 Å². The van der Waals surface area contributed by atoms with Crippen LogP contribution in [0.1, 0.15) is 13.3 Å². The molecule has 0 aliphatic carbocycles. The van der Waals surface area contributed by atoms with Gasteiger partial charge in [-0.25, -0.2) is 4.79 Å². The largest absolute Gasteiger partial charge is 0.467 e. The molecule has 5 nitrogen and oxygen atoms in total. The Kier molecular flexibility index (Phi) is 6.48. The van der Waals surface area contributed by atoms with E-state index in [1.165, 1.54) is 7.11 Å². The van der Waals surface area contributed by atoms with Crippen molar-refractivity contribution in [3.05, 3.63) is 0 Å². The van der Waals surface area contributed by atoms with E-state index >= 15 is 0 Å². The molecule has 0 bridgehead atoms. The number of aliphatic hydroxyl groups excluding tert-OH is 1. The van der Waals surface area contributed by atoms with Crippen molar-refractivity contribution >= 4 is 27.8 Å². The molecule has 0 aromatic carbocycles. The van der Waals surface area contributed by atoms with Crippen LogP contribution < -0.4 is 5.32 Å². The molecule has 82 valence electrons. The van der Waals surface area contributed by atoms with E-state index < -0.39 is 12.1 Å². The van der Waals surface area contributed by atoms with E-state index in [4.69, 9.17) is 5.11 Å². The van der Waals surface area contributed by atoms with Gasteiger partial charge in [-0.3, -0.25) is 4.79 Å². The normalized spacial score (nSPS) is 14.3. The van der Waals surface area contributed by atoms with Gasteiger partial charge in [0.05, 0.1) is 18.5 Å². The van der Waals surface area contributed by atoms with Crippen LogP contribution in [0.2, 0.25) is 0 Å². The van der Waals surface area contributed by atoms with Gasteiger partial charge in [0, 0.05) is 0 Å². The standard InChI is InChI=1S/C8H14BrNO4/c1-3-5(9)7(12)10-4-6(11)8(13)14-2/h5-6,11H,3-4H2,1-2H3,(H,10,12). The van der Waals surface area contributed by atoms with E-state index in [9.17, 15) is 9.59 Å². The van der Waals surface area contributed by atoms with Gasteiger partial charge in [0.15, 0.2) is 6.10 Å². The summed E-state index contributed by atoms with van der Waals surface area (Å²) in [7, 11) is 1.17. The maximum Gasteiger partial charge on any atom is 0.336 e. The fourth-order valence-corrected chi connectivity index (χ4v) is 0.875. The number of aliphatic hydroxyl groups is 1. The lowest BCUT2D eigenvalue weighted by Crippen LogP contribution is -2.40. The van der Waals surface area contributed by atoms with Crippen LogP contribution in [0, 0.1) is 0 Å². The minimum Gasteiger partial charge on any atom is -0.467 e. The number of alkyl halides is 1. The predicted molar refractivity (Wildman–Crippen MR) is 54.0 cm³/mol. The van der Waals surface area contributed by atoms with Crippen molar-refractivity contribution in [3.63, 3.8) is 0 Å². The van der Waals surface area contributed by atoms with Crippen LogP contribution in [0.3, 0.4) is 0 Å². The summed E-state index contributed by atoms with van der Waals surface area (Å²) in [5.74, 6) is -1.01. The van der Waals surface area contributed by atoms with E-state index in [1.54, 1.807) is 0 Å². The first-order valence-electron chi connectivity index (χ1n) is 4.20. The lowest BCUT2D eigenvalue weighted by Gasteiger charge is -2.11. The van der Waals surface area contributed by atoms with Crippen LogP contribution in [0.5, 0.6) is 0 Å². The first-order chi connectivity index (χ1) is 6.52. The molecule has 1 amide bonds. The minimum absolute atomic E-state index is 0.131. The van der Waals surface area contributed by atoms with Gasteiger partial charge < -0.3 is 15.2 Å². The number of amides is 1. The molecule has 14 heavy (non-hydrogen) atoms. The summed E-state index contributed by atoms with van der Waals surface area (Å²) in [4.78, 5) is 21.6. The number of halogens is 1.